The lowest BCUT2D eigenvalue weighted by molar-refractivity contribution is -0.384. The van der Waals surface area contributed by atoms with Crippen LogP contribution in [0.15, 0.2) is 18.2 Å². The molecule has 0 aromatic heterocycles. The first-order chi connectivity index (χ1) is 13.8. The van der Waals surface area contributed by atoms with E-state index in [2.05, 4.69) is 12.2 Å². The van der Waals surface area contributed by atoms with Gasteiger partial charge < -0.3 is 15.0 Å². The van der Waals surface area contributed by atoms with Crippen molar-refractivity contribution >= 4 is 29.3 Å². The molecule has 2 heterocycles. The molecule has 1 aromatic rings. The second-order valence-electron chi connectivity index (χ2n) is 7.42. The van der Waals surface area contributed by atoms with E-state index in [4.69, 9.17) is 4.74 Å². The molecule has 3 rings (SSSR count). The Morgan fingerprint density at radius 3 is 2.72 bits per heavy atom. The molecule has 0 bridgehead atoms. The Morgan fingerprint density at radius 1 is 1.34 bits per heavy atom. The summed E-state index contributed by atoms with van der Waals surface area (Å²) in [6, 6.07) is 3.65. The number of ether oxygens (including phenoxy) is 1. The molecule has 3 amide bonds. The molecule has 2 atom stereocenters. The molecule has 10 nitrogen and oxygen atoms in total. The summed E-state index contributed by atoms with van der Waals surface area (Å²) in [5.41, 5.74) is 0.276. The molecule has 2 saturated heterocycles. The predicted molar refractivity (Wildman–Crippen MR) is 104 cm³/mol. The molecule has 156 valence electrons. The lowest BCUT2D eigenvalue weighted by Crippen LogP contribution is -2.41. The van der Waals surface area contributed by atoms with Crippen molar-refractivity contribution in [1.82, 2.24) is 10.2 Å². The van der Waals surface area contributed by atoms with Gasteiger partial charge in [0, 0.05) is 32.2 Å². The van der Waals surface area contributed by atoms with E-state index in [1.807, 2.05) is 4.90 Å². The van der Waals surface area contributed by atoms with Gasteiger partial charge in [-0.25, -0.2) is 9.59 Å². The molecule has 0 aliphatic carbocycles. The molecule has 2 unspecified atom stereocenters. The third-order valence-corrected chi connectivity index (χ3v) is 5.16. The number of nitro groups is 1. The molecule has 0 saturated carbocycles. The summed E-state index contributed by atoms with van der Waals surface area (Å²) < 4.78 is 5.15. The second kappa shape index (κ2) is 8.46. The maximum Gasteiger partial charge on any atom is 0.339 e. The number of amides is 3. The summed E-state index contributed by atoms with van der Waals surface area (Å²) in [6.45, 7) is 5.45. The smallest absolute Gasteiger partial charge is 0.339 e. The van der Waals surface area contributed by atoms with Crippen LogP contribution in [-0.2, 0) is 9.53 Å². The zero-order chi connectivity index (χ0) is 21.1. The molecule has 29 heavy (non-hydrogen) atoms. The Kier molecular flexibility index (Phi) is 6.00. The summed E-state index contributed by atoms with van der Waals surface area (Å²) in [5, 5.41) is 14.1. The van der Waals surface area contributed by atoms with Crippen LogP contribution in [0.3, 0.4) is 0 Å². The Morgan fingerprint density at radius 2 is 2.10 bits per heavy atom. The van der Waals surface area contributed by atoms with Gasteiger partial charge in [-0.15, -0.1) is 0 Å². The number of hydrogen-bond donors (Lipinski definition) is 1. The van der Waals surface area contributed by atoms with Crippen molar-refractivity contribution in [1.29, 1.82) is 0 Å². The fraction of sp³-hybridized carbons (Fsp3) is 0.526. The standard InChI is InChI=1S/C19H24N4O6/c1-12-4-3-8-21(11-12)15-6-5-14(10-16(15)23(27)28)18(25)29-13(2)17(24)22-9-7-20-19(22)26/h5-6,10,12-13H,3-4,7-9,11H2,1-2H3,(H,20,26). The molecular formula is C19H24N4O6. The van der Waals surface area contributed by atoms with Gasteiger partial charge in [0.05, 0.1) is 10.5 Å². The van der Waals surface area contributed by atoms with Crippen LogP contribution in [0.25, 0.3) is 0 Å². The van der Waals surface area contributed by atoms with Crippen LogP contribution in [0.2, 0.25) is 0 Å². The third-order valence-electron chi connectivity index (χ3n) is 5.16. The Balaban J connectivity index is 1.75. The van der Waals surface area contributed by atoms with Crippen LogP contribution in [0.1, 0.15) is 37.0 Å². The molecule has 1 aromatic carbocycles. The third kappa shape index (κ3) is 4.47. The van der Waals surface area contributed by atoms with E-state index in [1.54, 1.807) is 6.07 Å². The first kappa shape index (κ1) is 20.6. The SMILES string of the molecule is CC1CCCN(c2ccc(C(=O)OC(C)C(=O)N3CCNC3=O)cc2[N+](=O)[O-])C1. The summed E-state index contributed by atoms with van der Waals surface area (Å²) >= 11 is 0. The number of esters is 1. The minimum atomic E-state index is -1.19. The molecule has 0 spiro atoms. The van der Waals surface area contributed by atoms with Gasteiger partial charge in [0.2, 0.25) is 0 Å². The highest BCUT2D eigenvalue weighted by molar-refractivity contribution is 5.99. The minimum Gasteiger partial charge on any atom is -0.449 e. The first-order valence-corrected chi connectivity index (χ1v) is 9.61. The van der Waals surface area contributed by atoms with Crippen LogP contribution in [0.4, 0.5) is 16.2 Å². The van der Waals surface area contributed by atoms with Crippen molar-refractivity contribution in [3.05, 3.63) is 33.9 Å². The van der Waals surface area contributed by atoms with E-state index < -0.39 is 28.9 Å². The molecule has 2 aliphatic heterocycles. The second-order valence-corrected chi connectivity index (χ2v) is 7.42. The number of carbonyl (C=O) groups is 3. The summed E-state index contributed by atoms with van der Waals surface area (Å²) in [7, 11) is 0. The quantitative estimate of drug-likeness (QED) is 0.452. The van der Waals surface area contributed by atoms with E-state index in [-0.39, 0.29) is 17.8 Å². The minimum absolute atomic E-state index is 0.0176. The monoisotopic (exact) mass is 404 g/mol. The van der Waals surface area contributed by atoms with Gasteiger partial charge in [-0.05, 0) is 37.8 Å². The van der Waals surface area contributed by atoms with Crippen molar-refractivity contribution in [2.45, 2.75) is 32.8 Å². The van der Waals surface area contributed by atoms with Crippen LogP contribution in [0.5, 0.6) is 0 Å². The average molecular weight is 404 g/mol. The number of piperidine rings is 1. The van der Waals surface area contributed by atoms with Crippen LogP contribution >= 0.6 is 0 Å². The number of urea groups is 1. The van der Waals surface area contributed by atoms with Gasteiger partial charge in [-0.2, -0.15) is 0 Å². The van der Waals surface area contributed by atoms with Crippen molar-refractivity contribution in [2.75, 3.05) is 31.1 Å². The zero-order valence-electron chi connectivity index (χ0n) is 16.4. The van der Waals surface area contributed by atoms with Gasteiger partial charge in [-0.1, -0.05) is 6.92 Å². The fourth-order valence-electron chi connectivity index (χ4n) is 3.65. The first-order valence-electron chi connectivity index (χ1n) is 9.61. The largest absolute Gasteiger partial charge is 0.449 e. The summed E-state index contributed by atoms with van der Waals surface area (Å²) in [5.74, 6) is -1.06. The number of hydrogen-bond acceptors (Lipinski definition) is 7. The van der Waals surface area contributed by atoms with Crippen LogP contribution < -0.4 is 10.2 Å². The average Bonchev–Trinajstić information content (AvgIpc) is 3.12. The number of nitrogens with one attached hydrogen (secondary N) is 1. The Bertz CT molecular complexity index is 842. The lowest BCUT2D eigenvalue weighted by Gasteiger charge is -2.32. The molecule has 10 heteroatoms. The lowest BCUT2D eigenvalue weighted by atomic mass is 9.99. The Hall–Kier alpha value is -3.17. The summed E-state index contributed by atoms with van der Waals surface area (Å²) in [6.07, 6.45) is 0.842. The fourth-order valence-corrected chi connectivity index (χ4v) is 3.65. The highest BCUT2D eigenvalue weighted by atomic mass is 16.6. The van der Waals surface area contributed by atoms with E-state index >= 15 is 0 Å². The number of carbonyl (C=O) groups excluding carboxylic acids is 3. The van der Waals surface area contributed by atoms with E-state index in [0.29, 0.717) is 24.7 Å². The van der Waals surface area contributed by atoms with Crippen molar-refractivity contribution < 1.29 is 24.0 Å². The van der Waals surface area contributed by atoms with Crippen molar-refractivity contribution in [2.24, 2.45) is 5.92 Å². The number of nitro benzene ring substituents is 1. The van der Waals surface area contributed by atoms with Gasteiger partial charge >= 0.3 is 12.0 Å². The maximum absolute atomic E-state index is 12.4. The van der Waals surface area contributed by atoms with Crippen LogP contribution in [-0.4, -0.2) is 60.0 Å². The predicted octanol–water partition coefficient (Wildman–Crippen LogP) is 1.93. The highest BCUT2D eigenvalue weighted by Crippen LogP contribution is 2.32. The van der Waals surface area contributed by atoms with Crippen LogP contribution in [0, 0.1) is 16.0 Å². The normalized spacial score (nSPS) is 20.2. The molecule has 0 radical (unpaired) electrons. The molecular weight excluding hydrogens is 380 g/mol. The molecule has 2 aliphatic rings. The van der Waals surface area contributed by atoms with E-state index in [9.17, 15) is 24.5 Å². The Labute approximate surface area is 167 Å². The number of nitrogens with zero attached hydrogens (tertiary/aromatic N) is 3. The number of rotatable bonds is 5. The van der Waals surface area contributed by atoms with Gasteiger partial charge in [0.1, 0.15) is 5.69 Å². The topological polar surface area (TPSA) is 122 Å². The van der Waals surface area contributed by atoms with Gasteiger partial charge in [0.25, 0.3) is 11.6 Å². The number of benzene rings is 1. The number of anilines is 1. The van der Waals surface area contributed by atoms with E-state index in [1.165, 1.54) is 19.1 Å². The summed E-state index contributed by atoms with van der Waals surface area (Å²) in [4.78, 5) is 50.3. The maximum atomic E-state index is 12.4. The number of imide groups is 1. The highest BCUT2D eigenvalue weighted by Gasteiger charge is 2.32. The molecule has 1 N–H and O–H groups in total. The van der Waals surface area contributed by atoms with Gasteiger partial charge in [0.15, 0.2) is 6.10 Å². The zero-order valence-corrected chi connectivity index (χ0v) is 16.4. The van der Waals surface area contributed by atoms with Crippen molar-refractivity contribution in [3.8, 4) is 0 Å². The van der Waals surface area contributed by atoms with Gasteiger partial charge in [-0.3, -0.25) is 19.8 Å². The van der Waals surface area contributed by atoms with Crippen molar-refractivity contribution in [3.63, 3.8) is 0 Å². The molecule has 2 fully saturated rings. The van der Waals surface area contributed by atoms with E-state index in [0.717, 1.165) is 24.3 Å².